The second-order valence-corrected chi connectivity index (χ2v) is 5.28. The zero-order chi connectivity index (χ0) is 19.3. The Hall–Kier alpha value is -3.36. The van der Waals surface area contributed by atoms with Crippen molar-refractivity contribution < 1.29 is 27.6 Å². The van der Waals surface area contributed by atoms with Gasteiger partial charge in [-0.1, -0.05) is 22.9 Å². The van der Waals surface area contributed by atoms with Crippen LogP contribution in [0.25, 0.3) is 0 Å². The fourth-order valence-electron chi connectivity index (χ4n) is 1.86. The zero-order valence-electron chi connectivity index (χ0n) is 13.6. The maximum atomic E-state index is 13.5. The molecule has 0 saturated heterocycles. The maximum Gasteiger partial charge on any atom is 0.365 e. The minimum atomic E-state index is -1.71. The standard InChI is InChI=1S/C17H14F3N3O3/c1-9-2-4-10(5-3-9)17(25)26-23-13(21)8-14(24)22-12-7-6-11(18)15(19)16(12)20/h2-7H,8H2,1H3,(H2,21,23)(H,22,24). The molecule has 0 saturated carbocycles. The van der Waals surface area contributed by atoms with Crippen LogP contribution in [0.3, 0.4) is 0 Å². The Morgan fingerprint density at radius 2 is 1.73 bits per heavy atom. The lowest BCUT2D eigenvalue weighted by Gasteiger charge is -2.07. The topological polar surface area (TPSA) is 93.8 Å². The van der Waals surface area contributed by atoms with Gasteiger partial charge in [-0.05, 0) is 31.2 Å². The molecule has 0 spiro atoms. The Kier molecular flexibility index (Phi) is 5.94. The van der Waals surface area contributed by atoms with Gasteiger partial charge in [0.05, 0.1) is 17.7 Å². The van der Waals surface area contributed by atoms with Gasteiger partial charge in [-0.25, -0.2) is 18.0 Å². The first-order valence-corrected chi connectivity index (χ1v) is 7.31. The lowest BCUT2D eigenvalue weighted by molar-refractivity contribution is -0.115. The van der Waals surface area contributed by atoms with Crippen LogP contribution in [0, 0.1) is 24.4 Å². The van der Waals surface area contributed by atoms with Crippen LogP contribution in [0.5, 0.6) is 0 Å². The molecule has 26 heavy (non-hydrogen) atoms. The quantitative estimate of drug-likeness (QED) is 0.280. The summed E-state index contributed by atoms with van der Waals surface area (Å²) >= 11 is 0. The van der Waals surface area contributed by atoms with E-state index in [-0.39, 0.29) is 11.4 Å². The van der Waals surface area contributed by atoms with Crippen LogP contribution in [0.15, 0.2) is 41.6 Å². The Morgan fingerprint density at radius 1 is 1.08 bits per heavy atom. The molecule has 0 aromatic heterocycles. The molecule has 0 aliphatic rings. The number of hydrogen-bond acceptors (Lipinski definition) is 4. The third-order valence-electron chi connectivity index (χ3n) is 3.18. The minimum absolute atomic E-state index is 0.237. The molecular weight excluding hydrogens is 351 g/mol. The van der Waals surface area contributed by atoms with Crippen molar-refractivity contribution in [3.63, 3.8) is 0 Å². The van der Waals surface area contributed by atoms with Crippen LogP contribution in [0.2, 0.25) is 0 Å². The molecule has 0 aliphatic carbocycles. The van der Waals surface area contributed by atoms with Gasteiger partial charge < -0.3 is 15.9 Å². The maximum absolute atomic E-state index is 13.5. The monoisotopic (exact) mass is 365 g/mol. The lowest BCUT2D eigenvalue weighted by Crippen LogP contribution is -2.23. The fraction of sp³-hybridized carbons (Fsp3) is 0.118. The van der Waals surface area contributed by atoms with Crippen molar-refractivity contribution in [2.24, 2.45) is 10.9 Å². The molecule has 3 N–H and O–H groups in total. The fourth-order valence-corrected chi connectivity index (χ4v) is 1.86. The number of oxime groups is 1. The smallest absolute Gasteiger partial charge is 0.365 e. The second-order valence-electron chi connectivity index (χ2n) is 5.28. The number of aryl methyl sites for hydroxylation is 1. The Balaban J connectivity index is 1.94. The number of amidine groups is 1. The average molecular weight is 365 g/mol. The normalized spacial score (nSPS) is 11.2. The summed E-state index contributed by atoms with van der Waals surface area (Å²) < 4.78 is 39.4. The summed E-state index contributed by atoms with van der Waals surface area (Å²) in [4.78, 5) is 28.1. The molecule has 0 atom stereocenters. The molecule has 2 aromatic carbocycles. The summed E-state index contributed by atoms with van der Waals surface area (Å²) in [7, 11) is 0. The molecule has 2 rings (SSSR count). The van der Waals surface area contributed by atoms with Gasteiger partial charge in [0, 0.05) is 0 Å². The summed E-state index contributed by atoms with van der Waals surface area (Å²) in [5.41, 5.74) is 6.08. The van der Waals surface area contributed by atoms with Crippen molar-refractivity contribution in [2.75, 3.05) is 5.32 Å². The highest BCUT2D eigenvalue weighted by atomic mass is 19.2. The first-order chi connectivity index (χ1) is 12.3. The largest absolute Gasteiger partial charge is 0.384 e. The molecule has 136 valence electrons. The van der Waals surface area contributed by atoms with Gasteiger partial charge in [-0.2, -0.15) is 0 Å². The molecule has 0 bridgehead atoms. The van der Waals surface area contributed by atoms with E-state index in [0.29, 0.717) is 6.07 Å². The summed E-state index contributed by atoms with van der Waals surface area (Å²) in [6.07, 6.45) is -0.556. The lowest BCUT2D eigenvalue weighted by atomic mass is 10.2. The predicted molar refractivity (Wildman–Crippen MR) is 87.8 cm³/mol. The Labute approximate surface area is 146 Å². The van der Waals surface area contributed by atoms with Gasteiger partial charge in [0.15, 0.2) is 17.5 Å². The highest BCUT2D eigenvalue weighted by molar-refractivity contribution is 6.05. The van der Waals surface area contributed by atoms with Gasteiger partial charge in [0.1, 0.15) is 5.84 Å². The predicted octanol–water partition coefficient (Wildman–Crippen LogP) is 2.87. The minimum Gasteiger partial charge on any atom is -0.384 e. The van der Waals surface area contributed by atoms with E-state index >= 15 is 0 Å². The van der Waals surface area contributed by atoms with Gasteiger partial charge >= 0.3 is 5.97 Å². The summed E-state index contributed by atoms with van der Waals surface area (Å²) in [6.45, 7) is 1.85. The molecule has 0 unspecified atom stereocenters. The van der Waals surface area contributed by atoms with Crippen molar-refractivity contribution in [1.82, 2.24) is 0 Å². The number of halogens is 3. The third kappa shape index (κ3) is 4.82. The molecule has 0 aliphatic heterocycles. The second kappa shape index (κ2) is 8.15. The van der Waals surface area contributed by atoms with E-state index in [0.717, 1.165) is 11.6 Å². The van der Waals surface area contributed by atoms with E-state index in [2.05, 4.69) is 9.99 Å². The van der Waals surface area contributed by atoms with E-state index in [1.807, 2.05) is 12.2 Å². The van der Waals surface area contributed by atoms with E-state index < -0.39 is 41.4 Å². The molecule has 2 aromatic rings. The number of nitrogens with two attached hydrogens (primary N) is 1. The summed E-state index contributed by atoms with van der Waals surface area (Å²) in [5.74, 6) is -6.64. The van der Waals surface area contributed by atoms with Crippen LogP contribution < -0.4 is 11.1 Å². The first-order valence-electron chi connectivity index (χ1n) is 7.31. The molecule has 1 amide bonds. The molecule has 6 nitrogen and oxygen atoms in total. The van der Waals surface area contributed by atoms with Crippen LogP contribution in [-0.4, -0.2) is 17.7 Å². The highest BCUT2D eigenvalue weighted by Gasteiger charge is 2.16. The first kappa shape index (κ1) is 19.0. The number of nitrogens with zero attached hydrogens (tertiary/aromatic N) is 1. The number of rotatable bonds is 5. The van der Waals surface area contributed by atoms with E-state index in [4.69, 9.17) is 5.73 Å². The number of carbonyl (C=O) groups excluding carboxylic acids is 2. The van der Waals surface area contributed by atoms with Crippen LogP contribution in [0.1, 0.15) is 22.3 Å². The van der Waals surface area contributed by atoms with Crippen molar-refractivity contribution in [3.8, 4) is 0 Å². The zero-order valence-corrected chi connectivity index (χ0v) is 13.6. The number of nitrogens with one attached hydrogen (secondary N) is 1. The van der Waals surface area contributed by atoms with Gasteiger partial charge in [0.25, 0.3) is 0 Å². The Morgan fingerprint density at radius 3 is 2.38 bits per heavy atom. The van der Waals surface area contributed by atoms with Crippen LogP contribution in [0.4, 0.5) is 18.9 Å². The molecule has 0 heterocycles. The van der Waals surface area contributed by atoms with Gasteiger partial charge in [-0.3, -0.25) is 4.79 Å². The summed E-state index contributed by atoms with van der Waals surface area (Å²) in [6, 6.07) is 7.98. The molecule has 9 heteroatoms. The van der Waals surface area contributed by atoms with E-state index in [9.17, 15) is 22.8 Å². The SMILES string of the molecule is Cc1ccc(C(=O)O/N=C(\N)CC(=O)Nc2ccc(F)c(F)c2F)cc1. The van der Waals surface area contributed by atoms with Gasteiger partial charge in [-0.15, -0.1) is 0 Å². The number of hydrogen-bond donors (Lipinski definition) is 2. The number of amides is 1. The van der Waals surface area contributed by atoms with E-state index in [1.165, 1.54) is 12.1 Å². The Bertz CT molecular complexity index is 868. The van der Waals surface area contributed by atoms with Crippen molar-refractivity contribution in [3.05, 3.63) is 65.0 Å². The average Bonchev–Trinajstić information content (AvgIpc) is 2.61. The molecular formula is C17H14F3N3O3. The highest BCUT2D eigenvalue weighted by Crippen LogP contribution is 2.19. The van der Waals surface area contributed by atoms with Crippen LogP contribution in [-0.2, 0) is 9.63 Å². The van der Waals surface area contributed by atoms with Crippen LogP contribution >= 0.6 is 0 Å². The molecule has 0 radical (unpaired) electrons. The van der Waals surface area contributed by atoms with Crippen molar-refractivity contribution >= 4 is 23.4 Å². The number of anilines is 1. The number of benzene rings is 2. The van der Waals surface area contributed by atoms with Gasteiger partial charge in [0.2, 0.25) is 5.91 Å². The number of carbonyl (C=O) groups is 2. The van der Waals surface area contributed by atoms with Crippen molar-refractivity contribution in [2.45, 2.75) is 13.3 Å². The summed E-state index contributed by atoms with van der Waals surface area (Å²) in [5, 5.41) is 5.33. The molecule has 0 fully saturated rings. The third-order valence-corrected chi connectivity index (χ3v) is 3.18. The van der Waals surface area contributed by atoms with Crippen molar-refractivity contribution in [1.29, 1.82) is 0 Å². The van der Waals surface area contributed by atoms with E-state index in [1.54, 1.807) is 12.1 Å².